The maximum Gasteiger partial charge on any atom is 0.233 e. The van der Waals surface area contributed by atoms with E-state index in [0.29, 0.717) is 17.6 Å². The summed E-state index contributed by atoms with van der Waals surface area (Å²) in [6.07, 6.45) is 4.05. The number of amides is 1. The van der Waals surface area contributed by atoms with Crippen LogP contribution in [0.15, 0.2) is 66.0 Å². The highest BCUT2D eigenvalue weighted by Gasteiger charge is 2.27. The average Bonchev–Trinajstić information content (AvgIpc) is 3.44. The molecule has 1 aliphatic rings. The third kappa shape index (κ3) is 4.59. The molecule has 3 aromatic rings. The number of nitrogens with zero attached hydrogens (tertiary/aromatic N) is 2. The first kappa shape index (κ1) is 19.1. The number of hydrogen-bond donors (Lipinski definition) is 1. The van der Waals surface area contributed by atoms with Gasteiger partial charge < -0.3 is 9.88 Å². The molecule has 1 fully saturated rings. The van der Waals surface area contributed by atoms with Crippen molar-refractivity contribution in [3.8, 4) is 11.3 Å². The fraction of sp³-hybridized carbons (Fsp3) is 0.273. The highest BCUT2D eigenvalue weighted by atomic mass is 35.5. The lowest BCUT2D eigenvalue weighted by Gasteiger charge is -2.15. The Hall–Kier alpha value is -2.24. The highest BCUT2D eigenvalue weighted by molar-refractivity contribution is 8.00. The van der Waals surface area contributed by atoms with Gasteiger partial charge in [-0.25, -0.2) is 4.98 Å². The first-order valence-corrected chi connectivity index (χ1v) is 10.7. The van der Waals surface area contributed by atoms with Gasteiger partial charge in [-0.15, -0.1) is 0 Å². The molecule has 1 N–H and O–H groups in total. The van der Waals surface area contributed by atoms with Gasteiger partial charge in [0.25, 0.3) is 0 Å². The van der Waals surface area contributed by atoms with E-state index in [1.807, 2.05) is 55.6 Å². The van der Waals surface area contributed by atoms with Crippen LogP contribution in [0.4, 0.5) is 0 Å². The summed E-state index contributed by atoms with van der Waals surface area (Å²) in [7, 11) is 0. The van der Waals surface area contributed by atoms with Crippen LogP contribution >= 0.6 is 23.4 Å². The average molecular weight is 412 g/mol. The summed E-state index contributed by atoms with van der Waals surface area (Å²) in [6, 6.07) is 18.4. The van der Waals surface area contributed by atoms with Crippen molar-refractivity contribution < 1.29 is 4.79 Å². The molecule has 1 unspecified atom stereocenters. The lowest BCUT2D eigenvalue weighted by molar-refractivity contribution is -0.120. The summed E-state index contributed by atoms with van der Waals surface area (Å²) in [5.41, 5.74) is 3.25. The van der Waals surface area contributed by atoms with Gasteiger partial charge in [0, 0.05) is 11.1 Å². The summed E-state index contributed by atoms with van der Waals surface area (Å²) in [6.45, 7) is 2.63. The van der Waals surface area contributed by atoms with E-state index in [9.17, 15) is 4.79 Å². The van der Waals surface area contributed by atoms with Crippen molar-refractivity contribution in [3.05, 3.63) is 71.4 Å². The monoisotopic (exact) mass is 411 g/mol. The van der Waals surface area contributed by atoms with Gasteiger partial charge in [-0.2, -0.15) is 0 Å². The maximum absolute atomic E-state index is 12.4. The van der Waals surface area contributed by atoms with E-state index in [4.69, 9.17) is 11.6 Å². The van der Waals surface area contributed by atoms with E-state index in [0.717, 1.165) is 29.3 Å². The Morgan fingerprint density at radius 2 is 1.93 bits per heavy atom. The molecule has 0 radical (unpaired) electrons. The number of rotatable bonds is 7. The largest absolute Gasteiger partial charge is 0.352 e. The summed E-state index contributed by atoms with van der Waals surface area (Å²) in [4.78, 5) is 17.0. The molecule has 1 heterocycles. The molecule has 2 aromatic carbocycles. The van der Waals surface area contributed by atoms with Crippen LogP contribution < -0.4 is 5.32 Å². The SMILES string of the molecule is CC(Sc1ncc(-c2ccc(Cl)cc2)n1Cc1ccccc1)C(=O)NC1CC1. The predicted octanol–water partition coefficient (Wildman–Crippen LogP) is 5.01. The Labute approximate surface area is 174 Å². The van der Waals surface area contributed by atoms with Gasteiger partial charge in [-0.05, 0) is 43.0 Å². The second-order valence-corrected chi connectivity index (χ2v) is 8.79. The van der Waals surface area contributed by atoms with E-state index < -0.39 is 0 Å². The van der Waals surface area contributed by atoms with Crippen molar-refractivity contribution in [2.45, 2.75) is 42.8 Å². The molecule has 0 spiro atoms. The van der Waals surface area contributed by atoms with E-state index in [1.54, 1.807) is 0 Å². The Morgan fingerprint density at radius 1 is 1.21 bits per heavy atom. The molecule has 1 aliphatic carbocycles. The lowest BCUT2D eigenvalue weighted by Crippen LogP contribution is -2.32. The van der Waals surface area contributed by atoms with Crippen molar-refractivity contribution in [3.63, 3.8) is 0 Å². The number of aromatic nitrogens is 2. The molecular formula is C22H22ClN3OS. The Bertz CT molecular complexity index is 952. The predicted molar refractivity (Wildman–Crippen MR) is 115 cm³/mol. The lowest BCUT2D eigenvalue weighted by atomic mass is 10.1. The zero-order valence-electron chi connectivity index (χ0n) is 15.6. The summed E-state index contributed by atoms with van der Waals surface area (Å²) >= 11 is 7.55. The molecule has 4 rings (SSSR count). The van der Waals surface area contributed by atoms with Gasteiger partial charge in [0.15, 0.2) is 5.16 Å². The topological polar surface area (TPSA) is 46.9 Å². The second kappa shape index (κ2) is 8.41. The van der Waals surface area contributed by atoms with E-state index >= 15 is 0 Å². The van der Waals surface area contributed by atoms with Crippen LogP contribution in [-0.2, 0) is 11.3 Å². The standard InChI is InChI=1S/C22H22ClN3OS/c1-15(21(27)25-19-11-12-19)28-22-24-13-20(17-7-9-18(23)10-8-17)26(22)14-16-5-3-2-4-6-16/h2-10,13,15,19H,11-12,14H2,1H3,(H,25,27). The summed E-state index contributed by atoms with van der Waals surface area (Å²) < 4.78 is 2.17. The Balaban J connectivity index is 1.63. The van der Waals surface area contributed by atoms with Crippen LogP contribution in [0, 0.1) is 0 Å². The molecular weight excluding hydrogens is 390 g/mol. The van der Waals surface area contributed by atoms with Gasteiger partial charge in [0.1, 0.15) is 0 Å². The smallest absolute Gasteiger partial charge is 0.233 e. The van der Waals surface area contributed by atoms with Gasteiger partial charge in [0.05, 0.1) is 23.7 Å². The minimum absolute atomic E-state index is 0.0785. The number of thioether (sulfide) groups is 1. The van der Waals surface area contributed by atoms with Gasteiger partial charge in [-0.1, -0.05) is 65.8 Å². The fourth-order valence-electron chi connectivity index (χ4n) is 2.98. The zero-order valence-corrected chi connectivity index (χ0v) is 17.2. The molecule has 1 aromatic heterocycles. The summed E-state index contributed by atoms with van der Waals surface area (Å²) in [5.74, 6) is 0.0785. The van der Waals surface area contributed by atoms with Crippen LogP contribution in [0.2, 0.25) is 5.02 Å². The molecule has 28 heavy (non-hydrogen) atoms. The van der Waals surface area contributed by atoms with Crippen molar-refractivity contribution >= 4 is 29.3 Å². The van der Waals surface area contributed by atoms with Gasteiger partial charge in [-0.3, -0.25) is 4.79 Å². The molecule has 1 saturated carbocycles. The Kier molecular flexibility index (Phi) is 5.74. The van der Waals surface area contributed by atoms with Crippen LogP contribution in [0.5, 0.6) is 0 Å². The van der Waals surface area contributed by atoms with Crippen LogP contribution in [0.25, 0.3) is 11.3 Å². The number of halogens is 1. The Morgan fingerprint density at radius 3 is 2.61 bits per heavy atom. The minimum atomic E-state index is -0.199. The fourth-order valence-corrected chi connectivity index (χ4v) is 4.00. The normalized spacial score (nSPS) is 14.6. The first-order chi connectivity index (χ1) is 13.6. The number of hydrogen-bond acceptors (Lipinski definition) is 3. The number of nitrogens with one attached hydrogen (secondary N) is 1. The van der Waals surface area contributed by atoms with Crippen LogP contribution in [-0.4, -0.2) is 26.8 Å². The summed E-state index contributed by atoms with van der Waals surface area (Å²) in [5, 5.41) is 4.42. The second-order valence-electron chi connectivity index (χ2n) is 7.05. The molecule has 1 amide bonds. The molecule has 1 atom stereocenters. The van der Waals surface area contributed by atoms with Crippen LogP contribution in [0.1, 0.15) is 25.3 Å². The van der Waals surface area contributed by atoms with Gasteiger partial charge >= 0.3 is 0 Å². The molecule has 0 bridgehead atoms. The number of carbonyl (C=O) groups is 1. The highest BCUT2D eigenvalue weighted by Crippen LogP contribution is 2.30. The van der Waals surface area contributed by atoms with E-state index in [-0.39, 0.29) is 11.2 Å². The quantitative estimate of drug-likeness (QED) is 0.556. The molecule has 0 aliphatic heterocycles. The maximum atomic E-state index is 12.4. The van der Waals surface area contributed by atoms with Crippen molar-refractivity contribution in [1.82, 2.24) is 14.9 Å². The first-order valence-electron chi connectivity index (χ1n) is 9.42. The third-order valence-electron chi connectivity index (χ3n) is 4.72. The third-order valence-corrected chi connectivity index (χ3v) is 6.07. The molecule has 144 valence electrons. The van der Waals surface area contributed by atoms with Crippen molar-refractivity contribution in [2.24, 2.45) is 0 Å². The van der Waals surface area contributed by atoms with E-state index in [1.165, 1.54) is 17.3 Å². The number of benzene rings is 2. The zero-order chi connectivity index (χ0) is 19.5. The van der Waals surface area contributed by atoms with Crippen molar-refractivity contribution in [2.75, 3.05) is 0 Å². The van der Waals surface area contributed by atoms with Crippen LogP contribution in [0.3, 0.4) is 0 Å². The molecule has 4 nitrogen and oxygen atoms in total. The van der Waals surface area contributed by atoms with Gasteiger partial charge in [0.2, 0.25) is 5.91 Å². The van der Waals surface area contributed by atoms with Crippen molar-refractivity contribution in [1.29, 1.82) is 0 Å². The minimum Gasteiger partial charge on any atom is -0.352 e. The van der Waals surface area contributed by atoms with E-state index in [2.05, 4.69) is 27.0 Å². The molecule has 0 saturated heterocycles. The molecule has 6 heteroatoms. The number of imidazole rings is 1. The number of carbonyl (C=O) groups excluding carboxylic acids is 1.